The van der Waals surface area contributed by atoms with Gasteiger partial charge in [-0.1, -0.05) is 36.4 Å². The number of aryl methyl sites for hydroxylation is 1. The van der Waals surface area contributed by atoms with Crippen LogP contribution in [0.25, 0.3) is 5.69 Å². The highest BCUT2D eigenvalue weighted by Gasteiger charge is 2.14. The molecule has 0 radical (unpaired) electrons. The molecular weight excluding hydrogens is 340 g/mol. The second-order valence-electron chi connectivity index (χ2n) is 6.28. The van der Waals surface area contributed by atoms with Crippen molar-refractivity contribution in [1.82, 2.24) is 15.1 Å². The Morgan fingerprint density at radius 3 is 2.52 bits per heavy atom. The molecule has 6 nitrogen and oxygen atoms in total. The van der Waals surface area contributed by atoms with Gasteiger partial charge < -0.3 is 15.8 Å². The molecule has 1 heterocycles. The largest absolute Gasteiger partial charge is 0.481 e. The van der Waals surface area contributed by atoms with Gasteiger partial charge in [0.15, 0.2) is 6.10 Å². The molecule has 27 heavy (non-hydrogen) atoms. The van der Waals surface area contributed by atoms with Crippen molar-refractivity contribution in [3.63, 3.8) is 0 Å². The second kappa shape index (κ2) is 8.89. The first-order chi connectivity index (χ1) is 13.1. The Morgan fingerprint density at radius 2 is 1.81 bits per heavy atom. The fourth-order valence-corrected chi connectivity index (χ4v) is 2.73. The van der Waals surface area contributed by atoms with Crippen LogP contribution >= 0.6 is 0 Å². The number of benzene rings is 2. The van der Waals surface area contributed by atoms with Crippen LogP contribution in [0, 0.1) is 0 Å². The van der Waals surface area contributed by atoms with Crippen LogP contribution in [0.5, 0.6) is 5.75 Å². The summed E-state index contributed by atoms with van der Waals surface area (Å²) in [6, 6.07) is 21.0. The number of para-hydroxylation sites is 2. The van der Waals surface area contributed by atoms with Crippen molar-refractivity contribution in [1.29, 1.82) is 0 Å². The van der Waals surface area contributed by atoms with Gasteiger partial charge in [-0.05, 0) is 44.0 Å². The van der Waals surface area contributed by atoms with Crippen LogP contribution in [-0.2, 0) is 11.2 Å². The van der Waals surface area contributed by atoms with Crippen LogP contribution in [0.15, 0.2) is 66.7 Å². The third kappa shape index (κ3) is 5.10. The molecule has 0 bridgehead atoms. The second-order valence-corrected chi connectivity index (χ2v) is 6.28. The van der Waals surface area contributed by atoms with E-state index in [1.807, 2.05) is 66.7 Å². The summed E-state index contributed by atoms with van der Waals surface area (Å²) >= 11 is 0. The topological polar surface area (TPSA) is 82.2 Å². The summed E-state index contributed by atoms with van der Waals surface area (Å²) in [6.07, 6.45) is 0.966. The molecule has 0 aliphatic rings. The van der Waals surface area contributed by atoms with Crippen LogP contribution in [0.4, 0.5) is 5.82 Å². The van der Waals surface area contributed by atoms with Gasteiger partial charge in [0.1, 0.15) is 11.6 Å². The maximum atomic E-state index is 12.1. The zero-order valence-electron chi connectivity index (χ0n) is 15.3. The standard InChI is InChI=1S/C21H24N4O2/c1-16(27-19-12-6-3-7-13-19)21(26)23-14-8-9-17-15-20(22)25(24-17)18-10-4-2-5-11-18/h2-7,10-13,15-16H,8-9,14,22H2,1H3,(H,23,26)/t16-/m1/s1. The molecule has 0 spiro atoms. The number of nitrogens with zero attached hydrogens (tertiary/aromatic N) is 2. The molecule has 1 atom stereocenters. The Morgan fingerprint density at radius 1 is 1.15 bits per heavy atom. The molecule has 6 heteroatoms. The maximum Gasteiger partial charge on any atom is 0.260 e. The molecule has 3 N–H and O–H groups in total. The predicted octanol–water partition coefficient (Wildman–Crippen LogP) is 2.97. The Kier molecular flexibility index (Phi) is 6.10. The minimum Gasteiger partial charge on any atom is -0.481 e. The molecule has 140 valence electrons. The normalized spacial score (nSPS) is 11.7. The van der Waals surface area contributed by atoms with Crippen molar-refractivity contribution < 1.29 is 9.53 Å². The summed E-state index contributed by atoms with van der Waals surface area (Å²) in [6.45, 7) is 2.30. The van der Waals surface area contributed by atoms with Gasteiger partial charge in [-0.3, -0.25) is 4.79 Å². The average Bonchev–Trinajstić information content (AvgIpc) is 3.07. The highest BCUT2D eigenvalue weighted by molar-refractivity contribution is 5.80. The van der Waals surface area contributed by atoms with Gasteiger partial charge in [0, 0.05) is 12.6 Å². The molecule has 0 saturated carbocycles. The molecule has 3 aromatic rings. The molecule has 0 aliphatic carbocycles. The maximum absolute atomic E-state index is 12.1. The SMILES string of the molecule is C[C@@H](Oc1ccccc1)C(=O)NCCCc1cc(N)n(-c2ccccc2)n1. The van der Waals surface area contributed by atoms with E-state index in [1.165, 1.54) is 0 Å². The minimum absolute atomic E-state index is 0.131. The summed E-state index contributed by atoms with van der Waals surface area (Å²) in [5.41, 5.74) is 7.89. The molecule has 0 saturated heterocycles. The first kappa shape index (κ1) is 18.5. The van der Waals surface area contributed by atoms with Crippen molar-refractivity contribution in [2.45, 2.75) is 25.9 Å². The van der Waals surface area contributed by atoms with E-state index >= 15 is 0 Å². The number of amides is 1. The lowest BCUT2D eigenvalue weighted by Gasteiger charge is -2.14. The van der Waals surface area contributed by atoms with Crippen molar-refractivity contribution in [2.24, 2.45) is 0 Å². The van der Waals surface area contributed by atoms with E-state index in [0.717, 1.165) is 24.2 Å². The van der Waals surface area contributed by atoms with E-state index < -0.39 is 6.10 Å². The molecule has 0 aliphatic heterocycles. The van der Waals surface area contributed by atoms with E-state index in [0.29, 0.717) is 18.1 Å². The van der Waals surface area contributed by atoms with E-state index in [1.54, 1.807) is 11.6 Å². The van der Waals surface area contributed by atoms with Crippen LogP contribution in [0.2, 0.25) is 0 Å². The van der Waals surface area contributed by atoms with Crippen molar-refractivity contribution in [3.8, 4) is 11.4 Å². The fraction of sp³-hybridized carbons (Fsp3) is 0.238. The van der Waals surface area contributed by atoms with Gasteiger partial charge in [0.2, 0.25) is 0 Å². The van der Waals surface area contributed by atoms with E-state index in [-0.39, 0.29) is 5.91 Å². The number of nitrogens with two attached hydrogens (primary N) is 1. The lowest BCUT2D eigenvalue weighted by Crippen LogP contribution is -2.36. The quantitative estimate of drug-likeness (QED) is 0.602. The van der Waals surface area contributed by atoms with Crippen molar-refractivity contribution >= 4 is 11.7 Å². The van der Waals surface area contributed by atoms with Gasteiger partial charge in [-0.2, -0.15) is 5.10 Å². The monoisotopic (exact) mass is 364 g/mol. The number of nitrogens with one attached hydrogen (secondary N) is 1. The van der Waals surface area contributed by atoms with Gasteiger partial charge in [-0.25, -0.2) is 4.68 Å². The molecule has 1 amide bonds. The first-order valence-electron chi connectivity index (χ1n) is 9.03. The molecule has 2 aromatic carbocycles. The van der Waals surface area contributed by atoms with Crippen LogP contribution in [-0.4, -0.2) is 28.3 Å². The predicted molar refractivity (Wildman–Crippen MR) is 106 cm³/mol. The average molecular weight is 364 g/mol. The number of hydrogen-bond acceptors (Lipinski definition) is 4. The third-order valence-corrected chi connectivity index (χ3v) is 4.12. The number of ether oxygens (including phenoxy) is 1. The smallest absolute Gasteiger partial charge is 0.260 e. The fourth-order valence-electron chi connectivity index (χ4n) is 2.73. The number of carbonyl (C=O) groups is 1. The number of hydrogen-bond donors (Lipinski definition) is 2. The van der Waals surface area contributed by atoms with Gasteiger partial charge in [-0.15, -0.1) is 0 Å². The lowest BCUT2D eigenvalue weighted by molar-refractivity contribution is -0.127. The van der Waals surface area contributed by atoms with Gasteiger partial charge in [0.25, 0.3) is 5.91 Å². The summed E-state index contributed by atoms with van der Waals surface area (Å²) in [4.78, 5) is 12.1. The van der Waals surface area contributed by atoms with Gasteiger partial charge in [0.05, 0.1) is 11.4 Å². The number of nitrogen functional groups attached to an aromatic ring is 1. The zero-order valence-corrected chi connectivity index (χ0v) is 15.3. The molecular formula is C21H24N4O2. The lowest BCUT2D eigenvalue weighted by atomic mass is 10.2. The van der Waals surface area contributed by atoms with E-state index in [4.69, 9.17) is 10.5 Å². The van der Waals surface area contributed by atoms with Crippen molar-refractivity contribution in [3.05, 3.63) is 72.4 Å². The molecule has 0 unspecified atom stereocenters. The highest BCUT2D eigenvalue weighted by atomic mass is 16.5. The van der Waals surface area contributed by atoms with E-state index in [2.05, 4.69) is 10.4 Å². The Hall–Kier alpha value is -3.28. The zero-order chi connectivity index (χ0) is 19.1. The summed E-state index contributed by atoms with van der Waals surface area (Å²) in [5.74, 6) is 1.15. The van der Waals surface area contributed by atoms with Crippen molar-refractivity contribution in [2.75, 3.05) is 12.3 Å². The Bertz CT molecular complexity index is 862. The molecule has 0 fully saturated rings. The van der Waals surface area contributed by atoms with Crippen LogP contribution in [0.1, 0.15) is 19.0 Å². The van der Waals surface area contributed by atoms with Crippen LogP contribution < -0.4 is 15.8 Å². The highest BCUT2D eigenvalue weighted by Crippen LogP contribution is 2.15. The molecule has 3 rings (SSSR count). The molecule has 1 aromatic heterocycles. The Balaban J connectivity index is 1.44. The number of anilines is 1. The van der Waals surface area contributed by atoms with E-state index in [9.17, 15) is 4.79 Å². The number of rotatable bonds is 8. The number of carbonyl (C=O) groups excluding carboxylic acids is 1. The Labute approximate surface area is 159 Å². The minimum atomic E-state index is -0.541. The third-order valence-electron chi connectivity index (χ3n) is 4.12. The first-order valence-corrected chi connectivity index (χ1v) is 9.03. The summed E-state index contributed by atoms with van der Waals surface area (Å²) in [7, 11) is 0. The van der Waals surface area contributed by atoms with Crippen LogP contribution in [0.3, 0.4) is 0 Å². The summed E-state index contributed by atoms with van der Waals surface area (Å²) < 4.78 is 7.34. The number of aromatic nitrogens is 2. The van der Waals surface area contributed by atoms with Gasteiger partial charge >= 0.3 is 0 Å². The summed E-state index contributed by atoms with van der Waals surface area (Å²) in [5, 5.41) is 7.44.